The van der Waals surface area contributed by atoms with Gasteiger partial charge in [-0.15, -0.1) is 5.10 Å². The van der Waals surface area contributed by atoms with Gasteiger partial charge in [0.15, 0.2) is 6.29 Å². The molecule has 0 aliphatic heterocycles. The highest BCUT2D eigenvalue weighted by Crippen LogP contribution is 2.11. The van der Waals surface area contributed by atoms with Crippen molar-refractivity contribution < 1.29 is 9.47 Å². The Morgan fingerprint density at radius 3 is 2.39 bits per heavy atom. The van der Waals surface area contributed by atoms with Gasteiger partial charge in [0.2, 0.25) is 0 Å². The zero-order valence-electron chi connectivity index (χ0n) is 12.1. The third-order valence-electron chi connectivity index (χ3n) is 2.71. The van der Waals surface area contributed by atoms with Gasteiger partial charge >= 0.3 is 0 Å². The van der Waals surface area contributed by atoms with Crippen molar-refractivity contribution in [2.75, 3.05) is 14.2 Å². The lowest BCUT2D eigenvalue weighted by atomic mass is 10.1. The molecule has 0 bridgehead atoms. The number of ether oxygens (including phenoxy) is 2. The van der Waals surface area contributed by atoms with Gasteiger partial charge in [0, 0.05) is 20.8 Å². The second-order valence-corrected chi connectivity index (χ2v) is 5.33. The summed E-state index contributed by atoms with van der Waals surface area (Å²) in [7, 11) is 3.25. The fourth-order valence-corrected chi connectivity index (χ4v) is 1.57. The van der Waals surface area contributed by atoms with Gasteiger partial charge in [0.1, 0.15) is 0 Å². The Morgan fingerprint density at radius 1 is 1.33 bits per heavy atom. The highest BCUT2D eigenvalue weighted by atomic mass is 16.7. The first kappa shape index (κ1) is 15.1. The number of methoxy groups -OCH3 is 2. The maximum absolute atomic E-state index is 5.18. The topological polar surface area (TPSA) is 61.2 Å². The van der Waals surface area contributed by atoms with Crippen LogP contribution in [-0.2, 0) is 21.6 Å². The summed E-state index contributed by atoms with van der Waals surface area (Å²) in [4.78, 5) is 0. The number of hydrogen-bond acceptors (Lipinski definition) is 5. The van der Waals surface area contributed by atoms with Gasteiger partial charge in [-0.1, -0.05) is 5.21 Å². The van der Waals surface area contributed by atoms with Crippen LogP contribution in [0, 0.1) is 0 Å². The smallest absolute Gasteiger partial charge is 0.171 e. The summed E-state index contributed by atoms with van der Waals surface area (Å²) in [6.45, 7) is 8.92. The van der Waals surface area contributed by atoms with Crippen molar-refractivity contribution in [2.24, 2.45) is 0 Å². The van der Waals surface area contributed by atoms with E-state index in [1.807, 2.05) is 17.8 Å². The minimum absolute atomic E-state index is 0.0432. The lowest BCUT2D eigenvalue weighted by Gasteiger charge is -2.21. The van der Waals surface area contributed by atoms with Gasteiger partial charge in [-0.25, -0.2) is 4.68 Å². The lowest BCUT2D eigenvalue weighted by Crippen LogP contribution is -2.39. The molecular formula is C12H24N4O2. The van der Waals surface area contributed by atoms with E-state index in [9.17, 15) is 0 Å². The van der Waals surface area contributed by atoms with Crippen LogP contribution < -0.4 is 5.32 Å². The Balaban J connectivity index is 2.51. The van der Waals surface area contributed by atoms with Crippen molar-refractivity contribution >= 4 is 0 Å². The summed E-state index contributed by atoms with van der Waals surface area (Å²) >= 11 is 0. The Bertz CT molecular complexity index is 355. The quantitative estimate of drug-likeness (QED) is 0.773. The zero-order valence-corrected chi connectivity index (χ0v) is 12.1. The van der Waals surface area contributed by atoms with Gasteiger partial charge < -0.3 is 14.8 Å². The van der Waals surface area contributed by atoms with E-state index in [0.29, 0.717) is 6.54 Å². The third-order valence-corrected chi connectivity index (χ3v) is 2.71. The molecule has 0 fully saturated rings. The highest BCUT2D eigenvalue weighted by Gasteiger charge is 2.17. The summed E-state index contributed by atoms with van der Waals surface area (Å²) in [6.07, 6.45) is 1.69. The van der Waals surface area contributed by atoms with Crippen LogP contribution >= 0.6 is 0 Å². The number of nitrogens with zero attached hydrogens (tertiary/aromatic N) is 3. The molecule has 0 aliphatic carbocycles. The van der Waals surface area contributed by atoms with E-state index in [4.69, 9.17) is 9.47 Å². The number of aromatic nitrogens is 3. The highest BCUT2D eigenvalue weighted by molar-refractivity contribution is 4.94. The van der Waals surface area contributed by atoms with Crippen molar-refractivity contribution in [3.05, 3.63) is 11.9 Å². The minimum atomic E-state index is -0.261. The third kappa shape index (κ3) is 4.04. The molecule has 1 unspecified atom stereocenters. The summed E-state index contributed by atoms with van der Waals surface area (Å²) in [5.41, 5.74) is 0.862. The van der Waals surface area contributed by atoms with Gasteiger partial charge in [-0.2, -0.15) is 0 Å². The second-order valence-electron chi connectivity index (χ2n) is 5.33. The molecule has 1 rings (SSSR count). The lowest BCUT2D eigenvalue weighted by molar-refractivity contribution is -0.119. The average molecular weight is 256 g/mol. The number of nitrogens with one attached hydrogen (secondary N) is 1. The molecule has 0 aliphatic rings. The molecule has 18 heavy (non-hydrogen) atoms. The first-order valence-electron chi connectivity index (χ1n) is 6.09. The Kier molecular flexibility index (Phi) is 5.25. The minimum Gasteiger partial charge on any atom is -0.354 e. The number of hydrogen-bond donors (Lipinski definition) is 1. The molecule has 1 atom stereocenters. The van der Waals surface area contributed by atoms with Crippen molar-refractivity contribution in [3.63, 3.8) is 0 Å². The van der Waals surface area contributed by atoms with Crippen LogP contribution in [0.3, 0.4) is 0 Å². The predicted octanol–water partition coefficient (Wildman–Crippen LogP) is 1.13. The predicted molar refractivity (Wildman–Crippen MR) is 69.1 cm³/mol. The number of rotatable bonds is 6. The van der Waals surface area contributed by atoms with Gasteiger partial charge in [0.05, 0.1) is 23.5 Å². The van der Waals surface area contributed by atoms with Crippen LogP contribution in [0.4, 0.5) is 0 Å². The van der Waals surface area contributed by atoms with E-state index in [-0.39, 0.29) is 17.9 Å². The van der Waals surface area contributed by atoms with Crippen LogP contribution in [-0.4, -0.2) is 41.5 Å². The molecule has 0 aromatic carbocycles. The summed E-state index contributed by atoms with van der Waals surface area (Å²) in [5.74, 6) is 0. The van der Waals surface area contributed by atoms with Crippen LogP contribution in [0.5, 0.6) is 0 Å². The fraction of sp³-hybridized carbons (Fsp3) is 0.833. The molecule has 1 aromatic rings. The summed E-state index contributed by atoms with van der Waals surface area (Å²) in [5, 5.41) is 11.5. The van der Waals surface area contributed by atoms with Crippen LogP contribution in [0.15, 0.2) is 6.20 Å². The molecular weight excluding hydrogens is 232 g/mol. The SMILES string of the molecule is COC(OC)C(C)NCc1cn(C(C)(C)C)nn1. The van der Waals surface area contributed by atoms with E-state index in [1.165, 1.54) is 0 Å². The monoisotopic (exact) mass is 256 g/mol. The summed E-state index contributed by atoms with van der Waals surface area (Å²) in [6, 6.07) is 0.0831. The van der Waals surface area contributed by atoms with E-state index in [2.05, 4.69) is 36.4 Å². The molecule has 0 radical (unpaired) electrons. The zero-order chi connectivity index (χ0) is 13.8. The molecule has 0 spiro atoms. The molecule has 104 valence electrons. The molecule has 1 heterocycles. The Hall–Kier alpha value is -0.980. The molecule has 6 heteroatoms. The molecule has 1 aromatic heterocycles. The Morgan fingerprint density at radius 2 is 1.94 bits per heavy atom. The van der Waals surface area contributed by atoms with Crippen molar-refractivity contribution in [1.29, 1.82) is 0 Å². The van der Waals surface area contributed by atoms with Crippen molar-refractivity contribution in [3.8, 4) is 0 Å². The molecule has 0 amide bonds. The standard InChI is InChI=1S/C12H24N4O2/c1-9(11(17-5)18-6)13-7-10-8-16(15-14-10)12(2,3)4/h8-9,11,13H,7H2,1-6H3. The fourth-order valence-electron chi connectivity index (χ4n) is 1.57. The van der Waals surface area contributed by atoms with E-state index in [0.717, 1.165) is 5.69 Å². The normalized spacial score (nSPS) is 14.2. The molecule has 0 saturated heterocycles. The van der Waals surface area contributed by atoms with Crippen LogP contribution in [0.2, 0.25) is 0 Å². The van der Waals surface area contributed by atoms with Crippen LogP contribution in [0.25, 0.3) is 0 Å². The summed E-state index contributed by atoms with van der Waals surface area (Å²) < 4.78 is 12.2. The van der Waals surface area contributed by atoms with Crippen molar-refractivity contribution in [2.45, 2.75) is 52.1 Å². The maximum Gasteiger partial charge on any atom is 0.171 e. The largest absolute Gasteiger partial charge is 0.354 e. The molecule has 6 nitrogen and oxygen atoms in total. The first-order valence-corrected chi connectivity index (χ1v) is 6.09. The molecule has 1 N–H and O–H groups in total. The van der Waals surface area contributed by atoms with Gasteiger partial charge in [-0.3, -0.25) is 0 Å². The van der Waals surface area contributed by atoms with Gasteiger partial charge in [-0.05, 0) is 27.7 Å². The van der Waals surface area contributed by atoms with Gasteiger partial charge in [0.25, 0.3) is 0 Å². The van der Waals surface area contributed by atoms with Crippen molar-refractivity contribution in [1.82, 2.24) is 20.3 Å². The Labute approximate surface area is 109 Å². The van der Waals surface area contributed by atoms with E-state index >= 15 is 0 Å². The van der Waals surface area contributed by atoms with E-state index in [1.54, 1.807) is 14.2 Å². The second kappa shape index (κ2) is 6.26. The maximum atomic E-state index is 5.18. The van der Waals surface area contributed by atoms with Crippen LogP contribution in [0.1, 0.15) is 33.4 Å². The van der Waals surface area contributed by atoms with E-state index < -0.39 is 0 Å². The average Bonchev–Trinajstić information content (AvgIpc) is 2.76. The molecule has 0 saturated carbocycles. The first-order chi connectivity index (χ1) is 8.38.